The van der Waals surface area contributed by atoms with Crippen LogP contribution >= 0.6 is 0 Å². The summed E-state index contributed by atoms with van der Waals surface area (Å²) >= 11 is 0. The van der Waals surface area contributed by atoms with Crippen molar-refractivity contribution in [1.82, 2.24) is 10.3 Å². The molecule has 2 rings (SSSR count). The summed E-state index contributed by atoms with van der Waals surface area (Å²) in [5.74, 6) is 1.14. The zero-order valence-corrected chi connectivity index (χ0v) is 13.7. The van der Waals surface area contributed by atoms with Gasteiger partial charge >= 0.3 is 0 Å². The van der Waals surface area contributed by atoms with E-state index in [0.29, 0.717) is 11.5 Å². The van der Waals surface area contributed by atoms with Gasteiger partial charge in [-0.1, -0.05) is 33.8 Å². The largest absolute Gasteiger partial charge is 0.357 e. The summed E-state index contributed by atoms with van der Waals surface area (Å²) in [6.07, 6.45) is 2.51. The highest BCUT2D eigenvalue weighted by Gasteiger charge is 2.26. The predicted octanol–water partition coefficient (Wildman–Crippen LogP) is 3.51. The first-order valence-electron chi connectivity index (χ1n) is 7.82. The van der Waals surface area contributed by atoms with Crippen LogP contribution in [-0.4, -0.2) is 24.1 Å². The number of piperidine rings is 1. The average molecular weight is 275 g/mol. The van der Waals surface area contributed by atoms with Gasteiger partial charge in [0.05, 0.1) is 0 Å². The number of nitrogens with zero attached hydrogens (tertiary/aromatic N) is 2. The highest BCUT2D eigenvalue weighted by molar-refractivity contribution is 5.42. The Bertz CT molecular complexity index is 442. The molecule has 3 heteroatoms. The molecule has 1 saturated heterocycles. The number of pyridine rings is 1. The van der Waals surface area contributed by atoms with Gasteiger partial charge in [0.1, 0.15) is 5.82 Å². The van der Waals surface area contributed by atoms with Crippen LogP contribution in [-0.2, 0) is 6.54 Å². The van der Waals surface area contributed by atoms with Crippen molar-refractivity contribution >= 4 is 5.82 Å². The van der Waals surface area contributed by atoms with Gasteiger partial charge in [0.15, 0.2) is 0 Å². The fourth-order valence-corrected chi connectivity index (χ4v) is 2.59. The highest BCUT2D eigenvalue weighted by Crippen LogP contribution is 2.31. The Morgan fingerprint density at radius 1 is 1.25 bits per heavy atom. The molecule has 1 N–H and O–H groups in total. The van der Waals surface area contributed by atoms with Crippen LogP contribution in [0.5, 0.6) is 0 Å². The van der Waals surface area contributed by atoms with Gasteiger partial charge < -0.3 is 10.2 Å². The van der Waals surface area contributed by atoms with E-state index < -0.39 is 0 Å². The molecular formula is C17H29N3. The van der Waals surface area contributed by atoms with Gasteiger partial charge in [0, 0.05) is 31.4 Å². The van der Waals surface area contributed by atoms with Gasteiger partial charge in [0.25, 0.3) is 0 Å². The topological polar surface area (TPSA) is 28.2 Å². The van der Waals surface area contributed by atoms with Gasteiger partial charge in [-0.2, -0.15) is 0 Å². The van der Waals surface area contributed by atoms with Crippen LogP contribution in [0.4, 0.5) is 5.82 Å². The molecule has 0 spiro atoms. The van der Waals surface area contributed by atoms with E-state index in [4.69, 9.17) is 4.98 Å². The fourth-order valence-electron chi connectivity index (χ4n) is 2.59. The minimum absolute atomic E-state index is 0.493. The number of aryl methyl sites for hydroxylation is 1. The van der Waals surface area contributed by atoms with Crippen molar-refractivity contribution in [3.05, 3.63) is 23.4 Å². The molecule has 1 aromatic rings. The molecular weight excluding hydrogens is 246 g/mol. The van der Waals surface area contributed by atoms with E-state index in [2.05, 4.69) is 57.0 Å². The first kappa shape index (κ1) is 15.3. The van der Waals surface area contributed by atoms with Crippen molar-refractivity contribution in [2.45, 2.75) is 60.0 Å². The zero-order valence-electron chi connectivity index (χ0n) is 13.7. The third-order valence-electron chi connectivity index (χ3n) is 4.32. The van der Waals surface area contributed by atoms with Crippen molar-refractivity contribution < 1.29 is 0 Å². The molecule has 0 amide bonds. The van der Waals surface area contributed by atoms with Crippen molar-refractivity contribution in [2.75, 3.05) is 18.0 Å². The maximum absolute atomic E-state index is 4.81. The van der Waals surface area contributed by atoms with Crippen molar-refractivity contribution in [1.29, 1.82) is 0 Å². The second kappa shape index (κ2) is 6.13. The maximum Gasteiger partial charge on any atom is 0.128 e. The normalized spacial score (nSPS) is 18.6. The monoisotopic (exact) mass is 275 g/mol. The Balaban J connectivity index is 2.02. The standard InChI is InChI=1S/C17H29N3/c1-13(2)18-12-15-6-7-16(19-14(15)3)20-10-8-17(4,5)9-11-20/h6-7,13,18H,8-12H2,1-5H3. The van der Waals surface area contributed by atoms with Crippen molar-refractivity contribution in [2.24, 2.45) is 5.41 Å². The van der Waals surface area contributed by atoms with E-state index in [1.54, 1.807) is 0 Å². The molecule has 0 radical (unpaired) electrons. The second-order valence-corrected chi connectivity index (χ2v) is 7.10. The third-order valence-corrected chi connectivity index (χ3v) is 4.32. The van der Waals surface area contributed by atoms with Gasteiger partial charge in [-0.05, 0) is 36.8 Å². The van der Waals surface area contributed by atoms with Crippen LogP contribution in [0.15, 0.2) is 12.1 Å². The molecule has 0 unspecified atom stereocenters. The Labute approximate surface area is 123 Å². The molecule has 0 atom stereocenters. The molecule has 3 nitrogen and oxygen atoms in total. The summed E-state index contributed by atoms with van der Waals surface area (Å²) < 4.78 is 0. The van der Waals surface area contributed by atoms with Crippen LogP contribution in [0.25, 0.3) is 0 Å². The Hall–Kier alpha value is -1.09. The molecule has 20 heavy (non-hydrogen) atoms. The predicted molar refractivity (Wildman–Crippen MR) is 86.2 cm³/mol. The quantitative estimate of drug-likeness (QED) is 0.911. The first-order valence-corrected chi connectivity index (χ1v) is 7.82. The minimum Gasteiger partial charge on any atom is -0.357 e. The first-order chi connectivity index (χ1) is 9.37. The van der Waals surface area contributed by atoms with E-state index in [9.17, 15) is 0 Å². The maximum atomic E-state index is 4.81. The molecule has 0 bridgehead atoms. The lowest BCUT2D eigenvalue weighted by atomic mass is 9.83. The van der Waals surface area contributed by atoms with Crippen LogP contribution in [0, 0.1) is 12.3 Å². The van der Waals surface area contributed by atoms with Crippen molar-refractivity contribution in [3.8, 4) is 0 Å². The van der Waals surface area contributed by atoms with Crippen LogP contribution in [0.1, 0.15) is 51.8 Å². The van der Waals surface area contributed by atoms with E-state index >= 15 is 0 Å². The average Bonchev–Trinajstić information content (AvgIpc) is 2.37. The minimum atomic E-state index is 0.493. The summed E-state index contributed by atoms with van der Waals surface area (Å²) in [6.45, 7) is 14.4. The van der Waals surface area contributed by atoms with E-state index in [1.165, 1.54) is 18.4 Å². The van der Waals surface area contributed by atoms with Crippen LogP contribution < -0.4 is 10.2 Å². The van der Waals surface area contributed by atoms with E-state index in [0.717, 1.165) is 31.1 Å². The summed E-state index contributed by atoms with van der Waals surface area (Å²) in [4.78, 5) is 7.24. The molecule has 0 aromatic carbocycles. The molecule has 1 aliphatic rings. The van der Waals surface area contributed by atoms with E-state index in [-0.39, 0.29) is 0 Å². The van der Waals surface area contributed by atoms with Gasteiger partial charge in [-0.25, -0.2) is 4.98 Å². The van der Waals surface area contributed by atoms with Crippen LogP contribution in [0.2, 0.25) is 0 Å². The summed E-state index contributed by atoms with van der Waals surface area (Å²) in [5.41, 5.74) is 2.95. The van der Waals surface area contributed by atoms with Gasteiger partial charge in [-0.3, -0.25) is 0 Å². The SMILES string of the molecule is Cc1nc(N2CCC(C)(C)CC2)ccc1CNC(C)C. The molecule has 112 valence electrons. The number of aromatic nitrogens is 1. The Morgan fingerprint density at radius 3 is 2.45 bits per heavy atom. The number of hydrogen-bond acceptors (Lipinski definition) is 3. The zero-order chi connectivity index (χ0) is 14.8. The molecule has 0 aliphatic carbocycles. The summed E-state index contributed by atoms with van der Waals surface area (Å²) in [6, 6.07) is 4.92. The Morgan fingerprint density at radius 2 is 1.90 bits per heavy atom. The number of rotatable bonds is 4. The number of nitrogens with one attached hydrogen (secondary N) is 1. The summed E-state index contributed by atoms with van der Waals surface area (Å²) in [5, 5.41) is 3.46. The smallest absolute Gasteiger partial charge is 0.128 e. The lowest BCUT2D eigenvalue weighted by Gasteiger charge is -2.37. The van der Waals surface area contributed by atoms with Gasteiger partial charge in [0.2, 0.25) is 0 Å². The fraction of sp³-hybridized carbons (Fsp3) is 0.706. The lowest BCUT2D eigenvalue weighted by Crippen LogP contribution is -2.37. The lowest BCUT2D eigenvalue weighted by molar-refractivity contribution is 0.279. The molecule has 1 fully saturated rings. The molecule has 1 aliphatic heterocycles. The van der Waals surface area contributed by atoms with E-state index in [1.807, 2.05) is 0 Å². The molecule has 0 saturated carbocycles. The summed E-state index contributed by atoms with van der Waals surface area (Å²) in [7, 11) is 0. The molecule has 1 aromatic heterocycles. The number of anilines is 1. The third kappa shape index (κ3) is 3.95. The molecule has 2 heterocycles. The second-order valence-electron chi connectivity index (χ2n) is 7.10. The van der Waals surface area contributed by atoms with Crippen LogP contribution in [0.3, 0.4) is 0 Å². The highest BCUT2D eigenvalue weighted by atomic mass is 15.2. The number of hydrogen-bond donors (Lipinski definition) is 1. The van der Waals surface area contributed by atoms with Crippen molar-refractivity contribution in [3.63, 3.8) is 0 Å². The van der Waals surface area contributed by atoms with Gasteiger partial charge in [-0.15, -0.1) is 0 Å². The Kier molecular flexibility index (Phi) is 4.69.